The number of nitrogens with two attached hydrogens (primary N) is 1. The lowest BCUT2D eigenvalue weighted by atomic mass is 10.0. The molecule has 0 aliphatic rings. The van der Waals surface area contributed by atoms with Crippen molar-refractivity contribution in [3.63, 3.8) is 0 Å². The first-order chi connectivity index (χ1) is 20.2. The average molecular weight is 610 g/mol. The Balaban J connectivity index is 0.00000129. The van der Waals surface area contributed by atoms with Crippen molar-refractivity contribution in [3.8, 4) is 22.6 Å². The van der Waals surface area contributed by atoms with E-state index in [-0.39, 0.29) is 16.6 Å². The van der Waals surface area contributed by atoms with Crippen LogP contribution in [0.15, 0.2) is 71.8 Å². The highest BCUT2D eigenvalue weighted by molar-refractivity contribution is 6.31. The normalized spacial score (nSPS) is 11.3. The molecule has 0 bridgehead atoms. The summed E-state index contributed by atoms with van der Waals surface area (Å²) >= 11 is 12.3. The number of halogens is 2. The number of anilines is 2. The van der Waals surface area contributed by atoms with Gasteiger partial charge in [0.1, 0.15) is 17.3 Å². The lowest BCUT2D eigenvalue weighted by Crippen LogP contribution is -2.32. The van der Waals surface area contributed by atoms with Gasteiger partial charge in [-0.25, -0.2) is 9.67 Å². The maximum atomic E-state index is 13.4. The summed E-state index contributed by atoms with van der Waals surface area (Å²) in [7, 11) is 1.49. The molecule has 3 heterocycles. The molecule has 0 radical (unpaired) electrons. The molecular weight excluding hydrogens is 585 g/mol. The highest BCUT2D eigenvalue weighted by atomic mass is 35.5. The second-order valence-electron chi connectivity index (χ2n) is 8.87. The van der Waals surface area contributed by atoms with Gasteiger partial charge in [0.25, 0.3) is 11.4 Å². The number of rotatable bonds is 7. The summed E-state index contributed by atoms with van der Waals surface area (Å²) in [5.41, 5.74) is 8.50. The zero-order chi connectivity index (χ0) is 30.4. The highest BCUT2D eigenvalue weighted by Crippen LogP contribution is 2.35. The molecule has 0 spiro atoms. The number of aromatic amines is 1. The number of benzene rings is 2. The van der Waals surface area contributed by atoms with Gasteiger partial charge < -0.3 is 20.0 Å². The Labute approximate surface area is 249 Å². The van der Waals surface area contributed by atoms with Crippen LogP contribution in [0.2, 0.25) is 10.2 Å². The number of fused-ring (bicyclic) bond motifs is 1. The number of methoxy groups -OCH3 is 1. The number of nitrogens with one attached hydrogen (secondary N) is 2. The van der Waals surface area contributed by atoms with Crippen molar-refractivity contribution < 1.29 is 24.4 Å². The molecule has 0 aliphatic heterocycles. The number of pyridine rings is 2. The van der Waals surface area contributed by atoms with Gasteiger partial charge in [0.15, 0.2) is 5.15 Å². The van der Waals surface area contributed by atoms with E-state index in [1.54, 1.807) is 36.5 Å². The van der Waals surface area contributed by atoms with Crippen molar-refractivity contribution in [3.05, 3.63) is 87.5 Å². The Morgan fingerprint density at radius 3 is 2.57 bits per heavy atom. The number of carbonyl (C=O) groups is 2. The van der Waals surface area contributed by atoms with Crippen LogP contribution in [-0.4, -0.2) is 39.1 Å². The Kier molecular flexibility index (Phi) is 9.40. The van der Waals surface area contributed by atoms with E-state index in [9.17, 15) is 9.59 Å². The fourth-order valence-electron chi connectivity index (χ4n) is 4.43. The molecule has 1 unspecified atom stereocenters. The summed E-state index contributed by atoms with van der Waals surface area (Å²) in [6.07, 6.45) is 3.44. The Hall–Kier alpha value is -4.94. The van der Waals surface area contributed by atoms with Crippen molar-refractivity contribution in [1.82, 2.24) is 19.6 Å². The Morgan fingerprint density at radius 2 is 1.90 bits per heavy atom. The number of amides is 1. The molecule has 216 valence electrons. The number of carboxylic acid groups (broad SMARTS) is 1. The predicted molar refractivity (Wildman–Crippen MR) is 157 cm³/mol. The van der Waals surface area contributed by atoms with Gasteiger partial charge in [-0.15, -0.1) is 5.10 Å². The first-order valence-electron chi connectivity index (χ1n) is 12.4. The number of nitrogen functional groups attached to an aromatic ring is 1. The maximum Gasteiger partial charge on any atom is 0.270 e. The van der Waals surface area contributed by atoms with Crippen molar-refractivity contribution in [2.45, 2.75) is 19.4 Å². The molecule has 0 aliphatic carbocycles. The minimum Gasteiger partial charge on any atom is -0.554 e. The molecule has 5 rings (SSSR count). The van der Waals surface area contributed by atoms with Crippen molar-refractivity contribution >= 4 is 58.0 Å². The van der Waals surface area contributed by atoms with Gasteiger partial charge in [-0.2, -0.15) is 0 Å². The molecule has 14 heteroatoms. The lowest BCUT2D eigenvalue weighted by molar-refractivity contribution is -0.326. The van der Waals surface area contributed by atoms with Crippen molar-refractivity contribution in [2.75, 3.05) is 18.2 Å². The Bertz CT molecular complexity index is 1820. The Morgan fingerprint density at radius 1 is 1.14 bits per heavy atom. The molecule has 0 saturated carbocycles. The number of aromatic nitrogens is 5. The molecular formula is C28H25Cl2N7O5. The third-order valence-electron chi connectivity index (χ3n) is 6.29. The number of nitrogens with zero attached hydrogens (tertiary/aromatic N) is 4. The number of hydrogen-bond donors (Lipinski definition) is 2. The van der Waals surface area contributed by atoms with Crippen LogP contribution in [0.5, 0.6) is 5.75 Å². The topological polar surface area (TPSA) is 171 Å². The van der Waals surface area contributed by atoms with Crippen LogP contribution in [0.3, 0.4) is 0 Å². The largest absolute Gasteiger partial charge is 0.554 e. The van der Waals surface area contributed by atoms with Crippen LogP contribution >= 0.6 is 23.2 Å². The van der Waals surface area contributed by atoms with E-state index in [1.807, 2.05) is 25.1 Å². The van der Waals surface area contributed by atoms with E-state index in [0.717, 1.165) is 10.9 Å². The molecule has 42 heavy (non-hydrogen) atoms. The predicted octanol–water partition coefficient (Wildman–Crippen LogP) is 2.92. The number of hydrogen-bond acceptors (Lipinski definition) is 8. The molecule has 4 N–H and O–H groups in total. The quantitative estimate of drug-likeness (QED) is 0.265. The average Bonchev–Trinajstić information content (AvgIpc) is 3.40. The minimum atomic E-state index is -0.790. The summed E-state index contributed by atoms with van der Waals surface area (Å²) in [4.78, 5) is 38.1. The van der Waals surface area contributed by atoms with Crippen LogP contribution < -0.4 is 31.4 Å². The lowest BCUT2D eigenvalue weighted by Gasteiger charge is -2.21. The number of H-pyrrole nitrogens is 1. The van der Waals surface area contributed by atoms with Gasteiger partial charge in [0, 0.05) is 45.8 Å². The highest BCUT2D eigenvalue weighted by Gasteiger charge is 2.23. The monoisotopic (exact) mass is 609 g/mol. The number of ether oxygens (including phenoxy) is 1. The number of carbonyl (C=O) groups excluding carboxylic acids is 2. The van der Waals surface area contributed by atoms with E-state index in [1.165, 1.54) is 28.6 Å². The third kappa shape index (κ3) is 6.51. The summed E-state index contributed by atoms with van der Waals surface area (Å²) in [6, 6.07) is 14.8. The summed E-state index contributed by atoms with van der Waals surface area (Å²) in [5, 5.41) is 20.6. The second-order valence-corrected chi connectivity index (χ2v) is 9.70. The van der Waals surface area contributed by atoms with E-state index in [0.29, 0.717) is 45.5 Å². The van der Waals surface area contributed by atoms with E-state index < -0.39 is 12.5 Å². The van der Waals surface area contributed by atoms with Gasteiger partial charge in [-0.05, 0) is 48.9 Å². The van der Waals surface area contributed by atoms with Gasteiger partial charge in [-0.1, -0.05) is 35.3 Å². The summed E-state index contributed by atoms with van der Waals surface area (Å²) < 4.78 is 8.51. The zero-order valence-corrected chi connectivity index (χ0v) is 23.9. The maximum absolute atomic E-state index is 13.4. The third-order valence-corrected chi connectivity index (χ3v) is 6.70. The van der Waals surface area contributed by atoms with Gasteiger partial charge >= 0.3 is 0 Å². The zero-order valence-electron chi connectivity index (χ0n) is 22.4. The molecule has 12 nitrogen and oxygen atoms in total. The fourth-order valence-corrected chi connectivity index (χ4v) is 4.73. The van der Waals surface area contributed by atoms with Crippen LogP contribution in [0.1, 0.15) is 19.4 Å². The second kappa shape index (κ2) is 13.1. The van der Waals surface area contributed by atoms with Crippen LogP contribution in [0, 0.1) is 0 Å². The molecule has 0 saturated heterocycles. The van der Waals surface area contributed by atoms with E-state index in [2.05, 4.69) is 20.6 Å². The molecule has 1 atom stereocenters. The van der Waals surface area contributed by atoms with Crippen molar-refractivity contribution in [2.24, 2.45) is 0 Å². The molecule has 3 aromatic heterocycles. The van der Waals surface area contributed by atoms with E-state index >= 15 is 0 Å². The molecule has 5 aromatic rings. The van der Waals surface area contributed by atoms with E-state index in [4.69, 9.17) is 43.6 Å². The van der Waals surface area contributed by atoms with Crippen LogP contribution in [0.25, 0.3) is 27.7 Å². The summed E-state index contributed by atoms with van der Waals surface area (Å²) in [5.74, 6) is 0.570. The summed E-state index contributed by atoms with van der Waals surface area (Å²) in [6.45, 7) is 1.33. The van der Waals surface area contributed by atoms with Gasteiger partial charge in [0.2, 0.25) is 5.91 Å². The fraction of sp³-hybridized carbons (Fsp3) is 0.143. The van der Waals surface area contributed by atoms with Crippen molar-refractivity contribution in [1.29, 1.82) is 0 Å². The van der Waals surface area contributed by atoms with Gasteiger partial charge in [0.05, 0.1) is 25.2 Å². The molecule has 1 amide bonds. The first-order valence-corrected chi connectivity index (χ1v) is 13.2. The van der Waals surface area contributed by atoms with Crippen LogP contribution in [0.4, 0.5) is 11.5 Å². The molecule has 0 fully saturated rings. The van der Waals surface area contributed by atoms with Gasteiger partial charge in [-0.3, -0.25) is 19.9 Å². The minimum absolute atomic E-state index is 0.212. The SMILES string of the molecule is CCC(C(=O)Nc1ccc2[nH+]c(N)ccc2c1)n1cc(OC)c(-c2cc(Cl)ccc2-n2cc(Cl)nn2)cc1=O.O=C[O-]. The smallest absolute Gasteiger partial charge is 0.270 e. The molecule has 2 aromatic carbocycles. The standard InChI is InChI=1S/C27H23Cl2N7O3.CH2O2/c1-3-21(27(38)31-17-6-7-20-15(10-17)4-9-25(30)32-20)35-13-23(39-2)19(12-26(35)37)18-11-16(28)5-8-22(18)36-14-24(29)33-34-36;2-1-3/h4-14,21H,3H2,1-2H3,(H2,30,32)(H,31,38);1H,(H,2,3). The van der Waals surface area contributed by atoms with Crippen LogP contribution in [-0.2, 0) is 9.59 Å². The first kappa shape index (κ1) is 30.0.